The lowest BCUT2D eigenvalue weighted by Gasteiger charge is -2.41. The maximum absolute atomic E-state index is 12.6. The molecule has 5 heteroatoms. The summed E-state index contributed by atoms with van der Waals surface area (Å²) in [6.07, 6.45) is 4.76. The summed E-state index contributed by atoms with van der Waals surface area (Å²) in [5, 5.41) is 3.21. The van der Waals surface area contributed by atoms with Crippen molar-refractivity contribution in [3.8, 4) is 0 Å². The molecule has 2 N–H and O–H groups in total. The van der Waals surface area contributed by atoms with E-state index in [1.807, 2.05) is 26.1 Å². The van der Waals surface area contributed by atoms with Crippen molar-refractivity contribution in [2.75, 3.05) is 7.05 Å². The summed E-state index contributed by atoms with van der Waals surface area (Å²) in [6.45, 7) is 4.13. The summed E-state index contributed by atoms with van der Waals surface area (Å²) in [6, 6.07) is 7.45. The number of hydrogen-bond acceptors (Lipinski definition) is 3. The Morgan fingerprint density at radius 3 is 2.48 bits per heavy atom. The van der Waals surface area contributed by atoms with Crippen LogP contribution in [0, 0.1) is 0 Å². The second-order valence-corrected chi connectivity index (χ2v) is 7.60. The Morgan fingerprint density at radius 2 is 2.00 bits per heavy atom. The van der Waals surface area contributed by atoms with Gasteiger partial charge in [-0.3, -0.25) is 0 Å². The van der Waals surface area contributed by atoms with Crippen LogP contribution in [-0.2, 0) is 10.0 Å². The lowest BCUT2D eigenvalue weighted by molar-refractivity contribution is 0.214. The average molecular weight is 310 g/mol. The maximum Gasteiger partial charge on any atom is 0.241 e. The molecule has 1 aliphatic carbocycles. The Balaban J connectivity index is 2.26. The number of benzene rings is 1. The van der Waals surface area contributed by atoms with Gasteiger partial charge in [-0.2, -0.15) is 0 Å². The molecular weight excluding hydrogens is 284 g/mol. The predicted molar refractivity (Wildman–Crippen MR) is 85.7 cm³/mol. The molecule has 2 rings (SSSR count). The van der Waals surface area contributed by atoms with Crippen molar-refractivity contribution in [2.24, 2.45) is 0 Å². The second-order valence-electron chi connectivity index (χ2n) is 5.91. The maximum atomic E-state index is 12.6. The van der Waals surface area contributed by atoms with Gasteiger partial charge in [-0.25, -0.2) is 13.1 Å². The molecule has 1 saturated carbocycles. The summed E-state index contributed by atoms with van der Waals surface area (Å²) < 4.78 is 28.2. The van der Waals surface area contributed by atoms with E-state index in [1.54, 1.807) is 12.1 Å². The standard InChI is InChI=1S/C16H26N2O2S/c1-4-15(17-3)13-8-6-9-14(12-13)21(19,20)18-16(5-2)10-7-11-16/h6,8-9,12,15,17-18H,4-5,7,10-11H2,1-3H3. The quantitative estimate of drug-likeness (QED) is 0.814. The first-order valence-corrected chi connectivity index (χ1v) is 9.26. The van der Waals surface area contributed by atoms with Crippen LogP contribution in [0.15, 0.2) is 29.2 Å². The molecule has 1 unspecified atom stereocenters. The van der Waals surface area contributed by atoms with Gasteiger partial charge in [-0.1, -0.05) is 26.0 Å². The van der Waals surface area contributed by atoms with Gasteiger partial charge in [0.1, 0.15) is 0 Å². The fourth-order valence-corrected chi connectivity index (χ4v) is 4.57. The lowest BCUT2D eigenvalue weighted by atomic mass is 9.76. The van der Waals surface area contributed by atoms with Crippen LogP contribution in [0.2, 0.25) is 0 Å². The van der Waals surface area contributed by atoms with E-state index < -0.39 is 10.0 Å². The fraction of sp³-hybridized carbons (Fsp3) is 0.625. The van der Waals surface area contributed by atoms with Crippen molar-refractivity contribution in [3.05, 3.63) is 29.8 Å². The lowest BCUT2D eigenvalue weighted by Crippen LogP contribution is -2.52. The van der Waals surface area contributed by atoms with Crippen molar-refractivity contribution in [3.63, 3.8) is 0 Å². The van der Waals surface area contributed by atoms with Crippen molar-refractivity contribution in [1.29, 1.82) is 0 Å². The molecule has 4 nitrogen and oxygen atoms in total. The molecule has 0 bridgehead atoms. The number of sulfonamides is 1. The van der Waals surface area contributed by atoms with Gasteiger partial charge in [0.05, 0.1) is 4.90 Å². The monoisotopic (exact) mass is 310 g/mol. The second kappa shape index (κ2) is 6.46. The van der Waals surface area contributed by atoms with Gasteiger partial charge in [-0.05, 0) is 56.8 Å². The molecule has 1 atom stereocenters. The minimum atomic E-state index is -3.44. The molecule has 1 aromatic carbocycles. The van der Waals surface area contributed by atoms with Gasteiger partial charge in [0.2, 0.25) is 10.0 Å². The van der Waals surface area contributed by atoms with Gasteiger partial charge in [0.25, 0.3) is 0 Å². The summed E-state index contributed by atoms with van der Waals surface area (Å²) in [4.78, 5) is 0.369. The van der Waals surface area contributed by atoms with E-state index in [9.17, 15) is 8.42 Å². The molecule has 0 radical (unpaired) electrons. The van der Waals surface area contributed by atoms with Crippen LogP contribution in [0.25, 0.3) is 0 Å². The van der Waals surface area contributed by atoms with E-state index in [0.29, 0.717) is 4.90 Å². The summed E-state index contributed by atoms with van der Waals surface area (Å²) >= 11 is 0. The third-order valence-corrected chi connectivity index (χ3v) is 6.24. The first-order valence-electron chi connectivity index (χ1n) is 7.77. The third kappa shape index (κ3) is 3.47. The van der Waals surface area contributed by atoms with Crippen LogP contribution < -0.4 is 10.0 Å². The van der Waals surface area contributed by atoms with Crippen molar-refractivity contribution >= 4 is 10.0 Å². The van der Waals surface area contributed by atoms with E-state index in [0.717, 1.165) is 37.7 Å². The molecule has 0 amide bonds. The van der Waals surface area contributed by atoms with Gasteiger partial charge in [0, 0.05) is 11.6 Å². The van der Waals surface area contributed by atoms with E-state index in [-0.39, 0.29) is 11.6 Å². The molecule has 1 fully saturated rings. The highest BCUT2D eigenvalue weighted by Gasteiger charge is 2.39. The molecular formula is C16H26N2O2S. The molecule has 118 valence electrons. The summed E-state index contributed by atoms with van der Waals surface area (Å²) in [5.41, 5.74) is 0.796. The smallest absolute Gasteiger partial charge is 0.241 e. The molecule has 0 saturated heterocycles. The van der Waals surface area contributed by atoms with Gasteiger partial charge < -0.3 is 5.32 Å². The Bertz CT molecular complexity index is 570. The van der Waals surface area contributed by atoms with Crippen LogP contribution in [0.1, 0.15) is 57.6 Å². The highest BCUT2D eigenvalue weighted by molar-refractivity contribution is 7.89. The van der Waals surface area contributed by atoms with Crippen LogP contribution >= 0.6 is 0 Å². The summed E-state index contributed by atoms with van der Waals surface area (Å²) in [5.74, 6) is 0. The molecule has 1 aliphatic rings. The highest BCUT2D eigenvalue weighted by Crippen LogP contribution is 2.36. The SMILES string of the molecule is CCC(NC)c1cccc(S(=O)(=O)NC2(CC)CCC2)c1. The zero-order chi connectivity index (χ0) is 15.5. The average Bonchev–Trinajstić information content (AvgIpc) is 2.45. The van der Waals surface area contributed by atoms with Crippen molar-refractivity contribution in [2.45, 2.75) is 62.4 Å². The molecule has 0 aromatic heterocycles. The number of nitrogens with one attached hydrogen (secondary N) is 2. The first-order chi connectivity index (χ1) is 9.96. The van der Waals surface area contributed by atoms with Crippen LogP contribution in [0.4, 0.5) is 0 Å². The number of hydrogen-bond donors (Lipinski definition) is 2. The molecule has 1 aromatic rings. The Labute approximate surface area is 128 Å². The molecule has 21 heavy (non-hydrogen) atoms. The van der Waals surface area contributed by atoms with Gasteiger partial charge >= 0.3 is 0 Å². The minimum absolute atomic E-state index is 0.184. The van der Waals surface area contributed by atoms with Crippen molar-refractivity contribution in [1.82, 2.24) is 10.0 Å². The van der Waals surface area contributed by atoms with E-state index in [1.165, 1.54) is 0 Å². The van der Waals surface area contributed by atoms with Crippen LogP contribution in [-0.4, -0.2) is 21.0 Å². The highest BCUT2D eigenvalue weighted by atomic mass is 32.2. The number of rotatable bonds is 7. The van der Waals surface area contributed by atoms with E-state index >= 15 is 0 Å². The topological polar surface area (TPSA) is 58.2 Å². The first kappa shape index (κ1) is 16.5. The fourth-order valence-electron chi connectivity index (χ4n) is 2.98. The van der Waals surface area contributed by atoms with Crippen molar-refractivity contribution < 1.29 is 8.42 Å². The van der Waals surface area contributed by atoms with Gasteiger partial charge in [-0.15, -0.1) is 0 Å². The normalized spacial score (nSPS) is 19.0. The van der Waals surface area contributed by atoms with E-state index in [4.69, 9.17) is 0 Å². The molecule has 0 aliphatic heterocycles. The summed E-state index contributed by atoms with van der Waals surface area (Å²) in [7, 11) is -1.54. The van der Waals surface area contributed by atoms with Crippen LogP contribution in [0.5, 0.6) is 0 Å². The Kier molecular flexibility index (Phi) is 5.07. The Morgan fingerprint density at radius 1 is 1.29 bits per heavy atom. The third-order valence-electron chi connectivity index (χ3n) is 4.67. The van der Waals surface area contributed by atoms with Gasteiger partial charge in [0.15, 0.2) is 0 Å². The Hall–Kier alpha value is -0.910. The molecule has 0 spiro atoms. The van der Waals surface area contributed by atoms with Crippen LogP contribution in [0.3, 0.4) is 0 Å². The largest absolute Gasteiger partial charge is 0.313 e. The zero-order valence-corrected chi connectivity index (χ0v) is 14.0. The van der Waals surface area contributed by atoms with E-state index in [2.05, 4.69) is 17.0 Å². The minimum Gasteiger partial charge on any atom is -0.313 e. The molecule has 0 heterocycles. The predicted octanol–water partition coefficient (Wildman–Crippen LogP) is 2.97. The zero-order valence-electron chi connectivity index (χ0n) is 13.1.